The lowest BCUT2D eigenvalue weighted by Crippen LogP contribution is -2.43. The van der Waals surface area contributed by atoms with Crippen molar-refractivity contribution in [2.24, 2.45) is 7.05 Å². The number of likely N-dealkylation sites (N-methyl/N-ethyl adjacent to an activating group) is 1. The number of carbonyl (C=O) groups is 3. The molecule has 0 bridgehead atoms. The molecule has 6 aromatic rings. The number of anilines is 1. The zero-order valence-corrected chi connectivity index (χ0v) is 34.7. The predicted octanol–water partition coefficient (Wildman–Crippen LogP) is 8.86. The van der Waals surface area contributed by atoms with Crippen molar-refractivity contribution < 1.29 is 24.2 Å². The minimum Gasteiger partial charge on any atom is -0.494 e. The highest BCUT2D eigenvalue weighted by Crippen LogP contribution is 2.46. The second kappa shape index (κ2) is 14.7. The van der Waals surface area contributed by atoms with Crippen LogP contribution in [-0.4, -0.2) is 74.0 Å². The second-order valence-electron chi connectivity index (χ2n) is 15.2. The minimum absolute atomic E-state index is 0.0260. The number of rotatable bonds is 10. The van der Waals surface area contributed by atoms with Crippen molar-refractivity contribution in [1.82, 2.24) is 23.8 Å². The number of halogens is 2. The van der Waals surface area contributed by atoms with Crippen molar-refractivity contribution in [1.29, 1.82) is 0 Å². The topological polar surface area (TPSA) is 115 Å². The Labute approximate surface area is 335 Å². The normalized spacial score (nSPS) is 14.2. The van der Waals surface area contributed by atoms with E-state index in [0.29, 0.717) is 46.8 Å². The summed E-state index contributed by atoms with van der Waals surface area (Å²) in [6.07, 6.45) is 1.15. The molecule has 292 valence electrons. The van der Waals surface area contributed by atoms with Gasteiger partial charge in [0.05, 0.1) is 34.0 Å². The number of hydrogen-bond donors (Lipinski definition) is 1. The van der Waals surface area contributed by atoms with Gasteiger partial charge in [-0.05, 0) is 113 Å². The van der Waals surface area contributed by atoms with Crippen LogP contribution in [-0.2, 0) is 24.8 Å². The first-order valence-electron chi connectivity index (χ1n) is 18.6. The number of amides is 2. The fraction of sp³-hybridized carbons (Fsp3) is 0.349. The summed E-state index contributed by atoms with van der Waals surface area (Å²) in [6, 6.07) is 12.9. The quantitative estimate of drug-likeness (QED) is 0.139. The van der Waals surface area contributed by atoms with Gasteiger partial charge in [-0.3, -0.25) is 14.3 Å². The van der Waals surface area contributed by atoms with Gasteiger partial charge >= 0.3 is 5.97 Å². The summed E-state index contributed by atoms with van der Waals surface area (Å²) in [5.41, 5.74) is 9.61. The van der Waals surface area contributed by atoms with Crippen LogP contribution in [0.1, 0.15) is 74.0 Å². The summed E-state index contributed by atoms with van der Waals surface area (Å²) in [6.45, 7) is 12.4. The molecule has 0 radical (unpaired) electrons. The van der Waals surface area contributed by atoms with E-state index in [-0.39, 0.29) is 36.6 Å². The molecular weight excluding hydrogens is 751 g/mol. The van der Waals surface area contributed by atoms with Gasteiger partial charge in [-0.1, -0.05) is 29.3 Å². The Morgan fingerprint density at radius 3 is 2.30 bits per heavy atom. The molecule has 11 nitrogen and oxygen atoms in total. The Hall–Kier alpha value is -5.26. The van der Waals surface area contributed by atoms with Crippen LogP contribution < -0.4 is 9.64 Å². The number of benzene rings is 3. The Morgan fingerprint density at radius 1 is 0.982 bits per heavy atom. The van der Waals surface area contributed by atoms with Crippen molar-refractivity contribution in [3.8, 4) is 16.9 Å². The fourth-order valence-corrected chi connectivity index (χ4v) is 8.65. The van der Waals surface area contributed by atoms with Crippen LogP contribution in [0.4, 0.5) is 5.69 Å². The monoisotopic (exact) mass is 796 g/mol. The smallest absolute Gasteiger partial charge is 0.352 e. The molecule has 0 saturated carbocycles. The summed E-state index contributed by atoms with van der Waals surface area (Å²) in [5.74, 6) is -0.917. The predicted molar refractivity (Wildman–Crippen MR) is 222 cm³/mol. The Bertz CT molecular complexity index is 2590. The van der Waals surface area contributed by atoms with E-state index in [2.05, 4.69) is 11.5 Å². The number of ether oxygens (including phenoxy) is 1. The van der Waals surface area contributed by atoms with Crippen LogP contribution in [0.15, 0.2) is 42.5 Å². The van der Waals surface area contributed by atoms with Gasteiger partial charge in [-0.25, -0.2) is 4.79 Å². The number of aryl methyl sites for hydroxylation is 6. The van der Waals surface area contributed by atoms with E-state index >= 15 is 4.79 Å². The van der Waals surface area contributed by atoms with Gasteiger partial charge in [0.15, 0.2) is 0 Å². The van der Waals surface area contributed by atoms with E-state index in [1.54, 1.807) is 25.1 Å². The van der Waals surface area contributed by atoms with Crippen molar-refractivity contribution in [3.05, 3.63) is 97.5 Å². The summed E-state index contributed by atoms with van der Waals surface area (Å²) in [7, 11) is 5.17. The van der Waals surface area contributed by atoms with Crippen LogP contribution >= 0.6 is 23.2 Å². The first-order valence-corrected chi connectivity index (χ1v) is 19.4. The van der Waals surface area contributed by atoms with Gasteiger partial charge in [-0.2, -0.15) is 5.10 Å². The summed E-state index contributed by atoms with van der Waals surface area (Å²) in [4.78, 5) is 44.2. The molecule has 1 aliphatic heterocycles. The van der Waals surface area contributed by atoms with Crippen molar-refractivity contribution >= 4 is 68.5 Å². The van der Waals surface area contributed by atoms with E-state index in [0.717, 1.165) is 66.4 Å². The van der Waals surface area contributed by atoms with Crippen LogP contribution in [0.25, 0.3) is 32.9 Å². The zero-order chi connectivity index (χ0) is 40.5. The maximum absolute atomic E-state index is 15.3. The van der Waals surface area contributed by atoms with Gasteiger partial charge in [0, 0.05) is 66.3 Å². The molecule has 4 heterocycles. The van der Waals surface area contributed by atoms with Crippen molar-refractivity contribution in [3.63, 3.8) is 0 Å². The van der Waals surface area contributed by atoms with Crippen LogP contribution in [0, 0.1) is 34.6 Å². The Kier molecular flexibility index (Phi) is 10.2. The fourth-order valence-electron chi connectivity index (χ4n) is 8.30. The van der Waals surface area contributed by atoms with E-state index in [1.807, 2.05) is 82.7 Å². The lowest BCUT2D eigenvalue weighted by molar-refractivity contribution is -0.129. The molecule has 1 atom stereocenters. The standard InChI is InChI=1S/C43H46Cl2N6O5/c1-22-15-28-19-34(43(54)55)49(21-35(52)47(7)8)39(28)33(16-22)50-20-25(4)51-40-31(12-13-32(44)37(40)36-26(5)46-48(9)27(36)6)30(41(51)42(50)53)11-10-14-56-29-17-23(2)38(45)24(3)18-29/h12-13,15-19,25H,10-11,14,20-21H2,1-9H3,(H,54,55). The Balaban J connectivity index is 1.41. The number of carbonyl (C=O) groups excluding carboxylic acids is 2. The third-order valence-corrected chi connectivity index (χ3v) is 11.9. The molecule has 1 unspecified atom stereocenters. The second-order valence-corrected chi connectivity index (χ2v) is 16.0. The van der Waals surface area contributed by atoms with Crippen LogP contribution in [0.2, 0.25) is 10.0 Å². The van der Waals surface area contributed by atoms with Crippen LogP contribution in [0.3, 0.4) is 0 Å². The lowest BCUT2D eigenvalue weighted by Gasteiger charge is -2.35. The van der Waals surface area contributed by atoms with Gasteiger partial charge < -0.3 is 28.8 Å². The summed E-state index contributed by atoms with van der Waals surface area (Å²) >= 11 is 13.5. The number of carboxylic acids is 1. The van der Waals surface area contributed by atoms with Crippen molar-refractivity contribution in [2.75, 3.05) is 32.1 Å². The average molecular weight is 798 g/mol. The summed E-state index contributed by atoms with van der Waals surface area (Å²) < 4.78 is 11.7. The number of fused-ring (bicyclic) bond motifs is 4. The minimum atomic E-state index is -1.16. The molecule has 1 N–H and O–H groups in total. The lowest BCUT2D eigenvalue weighted by atomic mass is 9.98. The number of carboxylic acid groups (broad SMARTS) is 1. The average Bonchev–Trinajstić information content (AvgIpc) is 3.75. The molecule has 1 aliphatic rings. The third-order valence-electron chi connectivity index (χ3n) is 11.0. The van der Waals surface area contributed by atoms with E-state index in [1.165, 1.54) is 9.47 Å². The first-order chi connectivity index (χ1) is 26.5. The zero-order valence-electron chi connectivity index (χ0n) is 33.2. The number of hydrogen-bond acceptors (Lipinski definition) is 5. The van der Waals surface area contributed by atoms with Crippen molar-refractivity contribution in [2.45, 2.75) is 67.0 Å². The molecule has 2 amide bonds. The molecule has 0 fully saturated rings. The molecule has 56 heavy (non-hydrogen) atoms. The molecule has 13 heteroatoms. The van der Waals surface area contributed by atoms with Gasteiger partial charge in [0.25, 0.3) is 5.91 Å². The van der Waals surface area contributed by atoms with Crippen LogP contribution in [0.5, 0.6) is 5.75 Å². The van der Waals surface area contributed by atoms with Gasteiger partial charge in [-0.15, -0.1) is 0 Å². The largest absolute Gasteiger partial charge is 0.494 e. The molecule has 0 saturated heterocycles. The maximum atomic E-state index is 15.3. The highest BCUT2D eigenvalue weighted by atomic mass is 35.5. The first kappa shape index (κ1) is 39.0. The van der Waals surface area contributed by atoms with E-state index in [9.17, 15) is 14.7 Å². The maximum Gasteiger partial charge on any atom is 0.352 e. The molecule has 3 aromatic carbocycles. The van der Waals surface area contributed by atoms with E-state index in [4.69, 9.17) is 33.0 Å². The van der Waals surface area contributed by atoms with Gasteiger partial charge in [0.2, 0.25) is 5.91 Å². The summed E-state index contributed by atoms with van der Waals surface area (Å²) in [5, 5.41) is 17.8. The number of aromatic nitrogens is 4. The molecule has 0 aliphatic carbocycles. The highest BCUT2D eigenvalue weighted by Gasteiger charge is 2.38. The van der Waals surface area contributed by atoms with E-state index < -0.39 is 5.97 Å². The highest BCUT2D eigenvalue weighted by molar-refractivity contribution is 6.35. The number of nitrogens with zero attached hydrogens (tertiary/aromatic N) is 6. The molecule has 3 aromatic heterocycles. The Morgan fingerprint density at radius 2 is 1.68 bits per heavy atom. The molecule has 0 spiro atoms. The number of aromatic carboxylic acids is 1. The third kappa shape index (κ3) is 6.50. The SMILES string of the molecule is Cc1cc(N2CC(C)n3c(c(CCCOc4cc(C)c(Cl)c(C)c4)c4ccc(Cl)c(-c5c(C)nn(C)c5C)c43)C2=O)c2c(c1)cc(C(=O)O)n2CC(=O)N(C)C. The molecular formula is C43H46Cl2N6O5. The molecule has 7 rings (SSSR count). The van der Waals surface area contributed by atoms with Gasteiger partial charge in [0.1, 0.15) is 23.7 Å².